The zero-order chi connectivity index (χ0) is 20.4. The van der Waals surface area contributed by atoms with Crippen LogP contribution in [0.5, 0.6) is 0 Å². The van der Waals surface area contributed by atoms with Gasteiger partial charge in [-0.25, -0.2) is 13.4 Å². The molecule has 1 amide bonds. The Bertz CT molecular complexity index is 1010. The number of hydrogen-bond donors (Lipinski definition) is 0. The third-order valence-corrected chi connectivity index (χ3v) is 8.84. The maximum Gasteiger partial charge on any atom is 0.246 e. The van der Waals surface area contributed by atoms with Gasteiger partial charge in [-0.2, -0.15) is 4.31 Å². The molecule has 1 fully saturated rings. The van der Waals surface area contributed by atoms with E-state index in [0.717, 1.165) is 22.8 Å². The molecule has 1 saturated heterocycles. The lowest BCUT2D eigenvalue weighted by atomic mass is 9.96. The van der Waals surface area contributed by atoms with Crippen LogP contribution < -0.4 is 4.90 Å². The zero-order valence-corrected chi connectivity index (χ0v) is 18.2. The van der Waals surface area contributed by atoms with Crippen molar-refractivity contribution in [2.45, 2.75) is 29.1 Å². The minimum Gasteiger partial charge on any atom is -0.311 e. The van der Waals surface area contributed by atoms with Crippen molar-refractivity contribution < 1.29 is 13.2 Å². The van der Waals surface area contributed by atoms with Gasteiger partial charge in [-0.3, -0.25) is 4.79 Å². The first-order valence-electron chi connectivity index (χ1n) is 9.62. The fourth-order valence-electron chi connectivity index (χ4n) is 3.82. The average molecular weight is 452 g/mol. The number of sulfonamides is 1. The summed E-state index contributed by atoms with van der Waals surface area (Å²) >= 11 is 7.77. The number of carbonyl (C=O) groups excluding carboxylic acids is 1. The molecule has 3 heterocycles. The number of para-hydroxylation sites is 1. The van der Waals surface area contributed by atoms with Crippen LogP contribution >= 0.6 is 23.4 Å². The van der Waals surface area contributed by atoms with Gasteiger partial charge in [0.25, 0.3) is 0 Å². The highest BCUT2D eigenvalue weighted by atomic mass is 35.5. The third-order valence-electron chi connectivity index (χ3n) is 5.35. The van der Waals surface area contributed by atoms with Crippen molar-refractivity contribution in [1.82, 2.24) is 9.29 Å². The monoisotopic (exact) mass is 451 g/mol. The van der Waals surface area contributed by atoms with Gasteiger partial charge in [0.1, 0.15) is 10.0 Å². The van der Waals surface area contributed by atoms with E-state index in [1.165, 1.54) is 16.6 Å². The fourth-order valence-corrected chi connectivity index (χ4v) is 6.71. The first-order valence-corrected chi connectivity index (χ1v) is 12.4. The normalized spacial score (nSPS) is 18.9. The topological polar surface area (TPSA) is 70.6 Å². The van der Waals surface area contributed by atoms with Gasteiger partial charge < -0.3 is 4.90 Å². The van der Waals surface area contributed by atoms with Crippen molar-refractivity contribution in [3.63, 3.8) is 0 Å². The van der Waals surface area contributed by atoms with Crippen LogP contribution in [0.1, 0.15) is 19.3 Å². The predicted octanol–water partition coefficient (Wildman–Crippen LogP) is 3.66. The van der Waals surface area contributed by atoms with Gasteiger partial charge in [0.05, 0.1) is 5.69 Å². The number of fused-ring (bicyclic) bond motifs is 1. The van der Waals surface area contributed by atoms with Gasteiger partial charge in [-0.05, 0) is 49.3 Å². The molecule has 4 rings (SSSR count). The number of rotatable bonds is 3. The number of piperidine rings is 1. The summed E-state index contributed by atoms with van der Waals surface area (Å²) in [6.45, 7) is 1.30. The van der Waals surface area contributed by atoms with Crippen molar-refractivity contribution in [3.05, 3.63) is 47.7 Å². The van der Waals surface area contributed by atoms with Gasteiger partial charge in [-0.15, -0.1) is 11.8 Å². The van der Waals surface area contributed by atoms with Crippen LogP contribution in [0.3, 0.4) is 0 Å². The molecule has 9 heteroatoms. The quantitative estimate of drug-likeness (QED) is 0.666. The highest BCUT2D eigenvalue weighted by molar-refractivity contribution is 7.99. The molecule has 1 aromatic heterocycles. The molecule has 0 spiro atoms. The Kier molecular flexibility index (Phi) is 6.15. The van der Waals surface area contributed by atoms with Crippen LogP contribution in [0.4, 0.5) is 5.69 Å². The van der Waals surface area contributed by atoms with E-state index in [1.807, 2.05) is 23.1 Å². The van der Waals surface area contributed by atoms with Crippen LogP contribution in [0.2, 0.25) is 5.15 Å². The van der Waals surface area contributed by atoms with Crippen molar-refractivity contribution in [1.29, 1.82) is 0 Å². The molecule has 29 heavy (non-hydrogen) atoms. The first kappa shape index (κ1) is 20.7. The van der Waals surface area contributed by atoms with E-state index >= 15 is 0 Å². The maximum atomic E-state index is 13.3. The van der Waals surface area contributed by atoms with Crippen LogP contribution in [-0.4, -0.2) is 49.0 Å². The Hall–Kier alpha value is -1.61. The summed E-state index contributed by atoms with van der Waals surface area (Å²) < 4.78 is 27.2. The Morgan fingerprint density at radius 2 is 1.86 bits per heavy atom. The third kappa shape index (κ3) is 4.17. The van der Waals surface area contributed by atoms with Gasteiger partial charge in [0.2, 0.25) is 15.9 Å². The van der Waals surface area contributed by atoms with E-state index in [1.54, 1.807) is 17.8 Å². The summed E-state index contributed by atoms with van der Waals surface area (Å²) in [5, 5.41) is -0.0237. The summed E-state index contributed by atoms with van der Waals surface area (Å²) in [5.41, 5.74) is 0.970. The number of halogens is 1. The molecular weight excluding hydrogens is 430 g/mol. The standard InChI is InChI=1S/C20H22ClN3O3S2/c21-19-18(7-3-10-22-19)29(26,27)23-12-8-15(9-13-23)20(25)24-11-4-14-28-17-6-2-1-5-16(17)24/h1-3,5-7,10,15H,4,8-9,11-14H2. The Balaban J connectivity index is 1.48. The van der Waals surface area contributed by atoms with Gasteiger partial charge in [0.15, 0.2) is 0 Å². The molecular formula is C20H22ClN3O3S2. The summed E-state index contributed by atoms with van der Waals surface area (Å²) in [4.78, 5) is 20.2. The first-order chi connectivity index (χ1) is 14.0. The van der Waals surface area contributed by atoms with Crippen LogP contribution in [0, 0.1) is 5.92 Å². The second-order valence-corrected chi connectivity index (χ2v) is 10.5. The van der Waals surface area contributed by atoms with Gasteiger partial charge in [0, 0.05) is 36.6 Å². The number of carbonyl (C=O) groups is 1. The summed E-state index contributed by atoms with van der Waals surface area (Å²) in [6, 6.07) is 11.0. The van der Waals surface area contributed by atoms with E-state index in [4.69, 9.17) is 11.6 Å². The maximum absolute atomic E-state index is 13.3. The molecule has 154 valence electrons. The molecule has 0 aliphatic carbocycles. The zero-order valence-electron chi connectivity index (χ0n) is 15.8. The highest BCUT2D eigenvalue weighted by Crippen LogP contribution is 2.35. The summed E-state index contributed by atoms with van der Waals surface area (Å²) in [7, 11) is -3.71. The molecule has 0 N–H and O–H groups in total. The lowest BCUT2D eigenvalue weighted by Gasteiger charge is -2.33. The van der Waals surface area contributed by atoms with E-state index in [0.29, 0.717) is 32.5 Å². The number of thioether (sulfide) groups is 1. The van der Waals surface area contributed by atoms with Crippen molar-refractivity contribution in [2.24, 2.45) is 5.92 Å². The largest absolute Gasteiger partial charge is 0.311 e. The molecule has 0 radical (unpaired) electrons. The predicted molar refractivity (Wildman–Crippen MR) is 115 cm³/mol. The summed E-state index contributed by atoms with van der Waals surface area (Å²) in [5.74, 6) is 0.905. The second kappa shape index (κ2) is 8.63. The minimum absolute atomic E-state index is 0.0184. The lowest BCUT2D eigenvalue weighted by Crippen LogP contribution is -2.44. The average Bonchev–Trinajstić information content (AvgIpc) is 2.96. The highest BCUT2D eigenvalue weighted by Gasteiger charge is 2.35. The van der Waals surface area contributed by atoms with Crippen molar-refractivity contribution >= 4 is 45.0 Å². The van der Waals surface area contributed by atoms with Crippen LogP contribution in [-0.2, 0) is 14.8 Å². The molecule has 0 bridgehead atoms. The van der Waals surface area contributed by atoms with Crippen molar-refractivity contribution in [3.8, 4) is 0 Å². The molecule has 1 aromatic carbocycles. The Labute approximate surface area is 180 Å². The molecule has 0 atom stereocenters. The molecule has 2 aliphatic rings. The van der Waals surface area contributed by atoms with Crippen LogP contribution in [0.25, 0.3) is 0 Å². The van der Waals surface area contributed by atoms with E-state index < -0.39 is 10.0 Å². The SMILES string of the molecule is O=C(C1CCN(S(=O)(=O)c2cccnc2Cl)CC1)N1CCCSc2ccccc21. The molecule has 6 nitrogen and oxygen atoms in total. The number of hydrogen-bond acceptors (Lipinski definition) is 5. The van der Waals surface area contributed by atoms with E-state index in [2.05, 4.69) is 11.1 Å². The number of nitrogens with zero attached hydrogens (tertiary/aromatic N) is 3. The van der Waals surface area contributed by atoms with Gasteiger partial charge in [-0.1, -0.05) is 23.7 Å². The van der Waals surface area contributed by atoms with E-state index in [-0.39, 0.29) is 21.9 Å². The minimum atomic E-state index is -3.71. The number of benzene rings is 1. The Morgan fingerprint density at radius 1 is 1.10 bits per heavy atom. The molecule has 2 aromatic rings. The van der Waals surface area contributed by atoms with Crippen molar-refractivity contribution in [2.75, 3.05) is 30.3 Å². The number of pyridine rings is 1. The summed E-state index contributed by atoms with van der Waals surface area (Å²) in [6.07, 6.45) is 3.41. The number of aromatic nitrogens is 1. The number of anilines is 1. The second-order valence-electron chi connectivity index (χ2n) is 7.13. The molecule has 0 saturated carbocycles. The van der Waals surface area contributed by atoms with Gasteiger partial charge >= 0.3 is 0 Å². The smallest absolute Gasteiger partial charge is 0.246 e. The van der Waals surface area contributed by atoms with E-state index in [9.17, 15) is 13.2 Å². The molecule has 2 aliphatic heterocycles. The Morgan fingerprint density at radius 3 is 2.62 bits per heavy atom. The number of amides is 1. The fraction of sp³-hybridized carbons (Fsp3) is 0.400. The molecule has 0 unspecified atom stereocenters. The van der Waals surface area contributed by atoms with Crippen LogP contribution in [0.15, 0.2) is 52.4 Å². The lowest BCUT2D eigenvalue weighted by molar-refractivity contribution is -0.123.